The van der Waals surface area contributed by atoms with E-state index in [-0.39, 0.29) is 0 Å². The zero-order valence-electron chi connectivity index (χ0n) is 9.39. The molecule has 0 unspecified atom stereocenters. The SMILES string of the molecule is FC(F)(F)c1ccc(NCc2ccc(Br)s2)c(Br)c1. The van der Waals surface area contributed by atoms with Gasteiger partial charge in [0.1, 0.15) is 0 Å². The maximum atomic E-state index is 12.5. The second-order valence-electron chi connectivity index (χ2n) is 3.75. The quantitative estimate of drug-likeness (QED) is 0.658. The predicted molar refractivity (Wildman–Crippen MR) is 78.5 cm³/mol. The lowest BCUT2D eigenvalue weighted by atomic mass is 10.2. The van der Waals surface area contributed by atoms with Gasteiger partial charge in [-0.15, -0.1) is 11.3 Å². The van der Waals surface area contributed by atoms with Crippen LogP contribution >= 0.6 is 43.2 Å². The van der Waals surface area contributed by atoms with Crippen LogP contribution in [0.25, 0.3) is 0 Å². The van der Waals surface area contributed by atoms with Crippen LogP contribution in [0.1, 0.15) is 10.4 Å². The minimum Gasteiger partial charge on any atom is -0.379 e. The van der Waals surface area contributed by atoms with Gasteiger partial charge >= 0.3 is 6.18 Å². The minimum atomic E-state index is -4.32. The lowest BCUT2D eigenvalue weighted by Gasteiger charge is -2.11. The van der Waals surface area contributed by atoms with Gasteiger partial charge in [-0.25, -0.2) is 0 Å². The molecule has 1 N–H and O–H groups in total. The summed E-state index contributed by atoms with van der Waals surface area (Å²) in [7, 11) is 0. The van der Waals surface area contributed by atoms with Crippen molar-refractivity contribution < 1.29 is 13.2 Å². The van der Waals surface area contributed by atoms with Gasteiger partial charge in [0.25, 0.3) is 0 Å². The molecule has 1 aromatic heterocycles. The van der Waals surface area contributed by atoms with Gasteiger partial charge in [0.05, 0.1) is 9.35 Å². The summed E-state index contributed by atoms with van der Waals surface area (Å²) >= 11 is 8.09. The first kappa shape index (κ1) is 14.9. The average Bonchev–Trinajstić information content (AvgIpc) is 2.72. The fraction of sp³-hybridized carbons (Fsp3) is 0.167. The van der Waals surface area contributed by atoms with Gasteiger partial charge in [-0.2, -0.15) is 13.2 Å². The Labute approximate surface area is 129 Å². The molecule has 102 valence electrons. The third-order valence-electron chi connectivity index (χ3n) is 2.38. The van der Waals surface area contributed by atoms with Gasteiger partial charge in [-0.1, -0.05) is 0 Å². The molecule has 2 aromatic rings. The highest BCUT2D eigenvalue weighted by molar-refractivity contribution is 9.11. The van der Waals surface area contributed by atoms with Crippen molar-refractivity contribution in [2.45, 2.75) is 12.7 Å². The number of anilines is 1. The summed E-state index contributed by atoms with van der Waals surface area (Å²) in [5.41, 5.74) is -0.0266. The molecule has 1 aromatic carbocycles. The van der Waals surface area contributed by atoms with Crippen LogP contribution in [-0.4, -0.2) is 0 Å². The summed E-state index contributed by atoms with van der Waals surface area (Å²) in [6.07, 6.45) is -4.32. The van der Waals surface area contributed by atoms with Crippen molar-refractivity contribution in [2.75, 3.05) is 5.32 Å². The molecule has 2 rings (SSSR count). The maximum Gasteiger partial charge on any atom is 0.416 e. The molecule has 0 amide bonds. The molecule has 0 aliphatic rings. The highest BCUT2D eigenvalue weighted by atomic mass is 79.9. The van der Waals surface area contributed by atoms with Crippen molar-refractivity contribution in [2.24, 2.45) is 0 Å². The lowest BCUT2D eigenvalue weighted by molar-refractivity contribution is -0.137. The summed E-state index contributed by atoms with van der Waals surface area (Å²) < 4.78 is 38.9. The van der Waals surface area contributed by atoms with E-state index in [1.54, 1.807) is 11.3 Å². The van der Waals surface area contributed by atoms with Crippen LogP contribution in [0.15, 0.2) is 38.6 Å². The molecule has 0 spiro atoms. The second-order valence-corrected chi connectivity index (χ2v) is 7.15. The molecule has 0 aliphatic carbocycles. The average molecular weight is 415 g/mol. The molecule has 0 saturated heterocycles. The van der Waals surface area contributed by atoms with Crippen molar-refractivity contribution in [1.82, 2.24) is 0 Å². The Balaban J connectivity index is 2.09. The van der Waals surface area contributed by atoms with E-state index < -0.39 is 11.7 Å². The largest absolute Gasteiger partial charge is 0.416 e. The van der Waals surface area contributed by atoms with E-state index >= 15 is 0 Å². The molecule has 0 aliphatic heterocycles. The van der Waals surface area contributed by atoms with Crippen molar-refractivity contribution >= 4 is 48.9 Å². The van der Waals surface area contributed by atoms with Gasteiger partial charge in [0.2, 0.25) is 0 Å². The third kappa shape index (κ3) is 3.97. The smallest absolute Gasteiger partial charge is 0.379 e. The maximum absolute atomic E-state index is 12.5. The number of benzene rings is 1. The lowest BCUT2D eigenvalue weighted by Crippen LogP contribution is -2.06. The fourth-order valence-corrected chi connectivity index (χ4v) is 3.41. The first-order valence-corrected chi connectivity index (χ1v) is 7.61. The van der Waals surface area contributed by atoms with Gasteiger partial charge in [-0.3, -0.25) is 0 Å². The van der Waals surface area contributed by atoms with Crippen LogP contribution < -0.4 is 5.32 Å². The molecule has 0 radical (unpaired) electrons. The van der Waals surface area contributed by atoms with Crippen molar-refractivity contribution in [3.8, 4) is 0 Å². The Morgan fingerprint density at radius 2 is 1.84 bits per heavy atom. The molecule has 7 heteroatoms. The van der Waals surface area contributed by atoms with E-state index in [4.69, 9.17) is 0 Å². The second kappa shape index (κ2) is 5.85. The summed E-state index contributed by atoms with van der Waals surface area (Å²) in [5, 5.41) is 3.10. The van der Waals surface area contributed by atoms with E-state index in [1.807, 2.05) is 12.1 Å². The monoisotopic (exact) mass is 413 g/mol. The molecular weight excluding hydrogens is 407 g/mol. The van der Waals surface area contributed by atoms with Crippen LogP contribution in [0.2, 0.25) is 0 Å². The Bertz CT molecular complexity index is 581. The van der Waals surface area contributed by atoms with Gasteiger partial charge < -0.3 is 5.32 Å². The van der Waals surface area contributed by atoms with Crippen LogP contribution in [0, 0.1) is 0 Å². The summed E-state index contributed by atoms with van der Waals surface area (Å²) in [6.45, 7) is 0.570. The number of thiophene rings is 1. The summed E-state index contributed by atoms with van der Waals surface area (Å²) in [6, 6.07) is 7.46. The number of hydrogen-bond acceptors (Lipinski definition) is 2. The van der Waals surface area contributed by atoms with E-state index in [9.17, 15) is 13.2 Å². The van der Waals surface area contributed by atoms with Crippen LogP contribution in [0.5, 0.6) is 0 Å². The van der Waals surface area contributed by atoms with Crippen molar-refractivity contribution in [1.29, 1.82) is 0 Å². The van der Waals surface area contributed by atoms with Crippen molar-refractivity contribution in [3.05, 3.63) is 49.0 Å². The Hall–Kier alpha value is -0.530. The molecule has 0 fully saturated rings. The number of nitrogens with one attached hydrogen (secondary N) is 1. The molecular formula is C12H8Br2F3NS. The number of alkyl halides is 3. The standard InChI is InChI=1S/C12H8Br2F3NS/c13-9-5-7(12(15,16)17)1-3-10(9)18-6-8-2-4-11(14)19-8/h1-5,18H,6H2. The highest BCUT2D eigenvalue weighted by Crippen LogP contribution is 2.34. The van der Waals surface area contributed by atoms with Crippen LogP contribution in [0.3, 0.4) is 0 Å². The minimum absolute atomic E-state index is 0.401. The molecule has 0 saturated carbocycles. The number of hydrogen-bond donors (Lipinski definition) is 1. The zero-order valence-corrected chi connectivity index (χ0v) is 13.4. The van der Waals surface area contributed by atoms with Crippen LogP contribution in [0.4, 0.5) is 18.9 Å². The van der Waals surface area contributed by atoms with Gasteiger partial charge in [-0.05, 0) is 62.2 Å². The Kier molecular flexibility index (Phi) is 4.58. The topological polar surface area (TPSA) is 12.0 Å². The number of rotatable bonds is 3. The Morgan fingerprint density at radius 1 is 1.11 bits per heavy atom. The highest BCUT2D eigenvalue weighted by Gasteiger charge is 2.30. The first-order valence-electron chi connectivity index (χ1n) is 5.21. The van der Waals surface area contributed by atoms with E-state index in [0.717, 1.165) is 20.8 Å². The number of halogens is 5. The molecule has 0 atom stereocenters. The first-order chi connectivity index (χ1) is 8.86. The van der Waals surface area contributed by atoms with Gasteiger partial charge in [0, 0.05) is 21.6 Å². The van der Waals surface area contributed by atoms with E-state index in [1.165, 1.54) is 6.07 Å². The molecule has 0 bridgehead atoms. The van der Waals surface area contributed by atoms with Gasteiger partial charge in [0.15, 0.2) is 0 Å². The molecule has 1 heterocycles. The van der Waals surface area contributed by atoms with E-state index in [2.05, 4.69) is 37.2 Å². The predicted octanol–water partition coefficient (Wildman–Crippen LogP) is 5.90. The fourth-order valence-electron chi connectivity index (χ4n) is 1.46. The normalized spacial score (nSPS) is 11.6. The van der Waals surface area contributed by atoms with Crippen LogP contribution in [-0.2, 0) is 12.7 Å². The Morgan fingerprint density at radius 3 is 2.37 bits per heavy atom. The zero-order chi connectivity index (χ0) is 14.0. The van der Waals surface area contributed by atoms with E-state index in [0.29, 0.717) is 16.7 Å². The summed E-state index contributed by atoms with van der Waals surface area (Å²) in [4.78, 5) is 1.10. The summed E-state index contributed by atoms with van der Waals surface area (Å²) in [5.74, 6) is 0. The van der Waals surface area contributed by atoms with Crippen molar-refractivity contribution in [3.63, 3.8) is 0 Å². The molecule has 19 heavy (non-hydrogen) atoms. The molecule has 1 nitrogen and oxygen atoms in total. The third-order valence-corrected chi connectivity index (χ3v) is 4.66.